The van der Waals surface area contributed by atoms with E-state index in [9.17, 15) is 4.79 Å². The number of rotatable bonds is 5. The topological polar surface area (TPSA) is 79.5 Å². The van der Waals surface area contributed by atoms with Crippen molar-refractivity contribution in [3.8, 4) is 0 Å². The van der Waals surface area contributed by atoms with E-state index in [0.717, 1.165) is 11.1 Å². The molecule has 7 heteroatoms. The van der Waals surface area contributed by atoms with Gasteiger partial charge in [-0.2, -0.15) is 0 Å². The van der Waals surface area contributed by atoms with Gasteiger partial charge in [0.1, 0.15) is 0 Å². The number of nitrogens with zero attached hydrogens (tertiary/aromatic N) is 1. The van der Waals surface area contributed by atoms with Crippen LogP contribution in [-0.4, -0.2) is 17.4 Å². The van der Waals surface area contributed by atoms with Gasteiger partial charge in [0.15, 0.2) is 5.96 Å². The summed E-state index contributed by atoms with van der Waals surface area (Å²) in [6.45, 7) is 8.13. The van der Waals surface area contributed by atoms with E-state index in [1.165, 1.54) is 0 Å². The van der Waals surface area contributed by atoms with E-state index in [1.807, 2.05) is 52.0 Å². The smallest absolute Gasteiger partial charge is 0.251 e. The molecule has 0 saturated carbocycles. The molecule has 2 rings (SSSR count). The van der Waals surface area contributed by atoms with E-state index in [1.54, 1.807) is 18.2 Å². The first-order valence-corrected chi connectivity index (χ1v) is 9.73. The Morgan fingerprint density at radius 3 is 2.54 bits per heavy atom. The average molecular weight is 421 g/mol. The lowest BCUT2D eigenvalue weighted by atomic mass is 10.1. The lowest BCUT2D eigenvalue weighted by molar-refractivity contribution is 0.0919. The fraction of sp³-hybridized carbons (Fsp3) is 0.333. The fourth-order valence-corrected chi connectivity index (χ4v) is 3.17. The molecule has 28 heavy (non-hydrogen) atoms. The van der Waals surface area contributed by atoms with Crippen molar-refractivity contribution < 1.29 is 4.79 Å². The van der Waals surface area contributed by atoms with Gasteiger partial charge in [-0.15, -0.1) is 0 Å². The fourth-order valence-electron chi connectivity index (χ4n) is 2.60. The average Bonchev–Trinajstić information content (AvgIpc) is 2.58. The molecule has 0 fully saturated rings. The number of aliphatic imine (C=N–C) groups is 1. The first-order chi connectivity index (χ1) is 13.0. The molecule has 2 aromatic carbocycles. The number of nitrogens with one attached hydrogen (secondary N) is 2. The van der Waals surface area contributed by atoms with E-state index in [4.69, 9.17) is 28.9 Å². The first kappa shape index (κ1) is 22.1. The molecule has 0 spiro atoms. The lowest BCUT2D eigenvalue weighted by Crippen LogP contribution is -2.40. The third kappa shape index (κ3) is 6.73. The molecule has 0 radical (unpaired) electrons. The highest BCUT2D eigenvalue weighted by Gasteiger charge is 2.15. The van der Waals surface area contributed by atoms with Gasteiger partial charge in [0, 0.05) is 21.1 Å². The zero-order valence-electron chi connectivity index (χ0n) is 16.5. The molecule has 5 nitrogen and oxygen atoms in total. The van der Waals surface area contributed by atoms with Gasteiger partial charge < -0.3 is 16.4 Å². The monoisotopic (exact) mass is 420 g/mol. The van der Waals surface area contributed by atoms with Crippen molar-refractivity contribution in [1.29, 1.82) is 0 Å². The summed E-state index contributed by atoms with van der Waals surface area (Å²) in [7, 11) is 0. The van der Waals surface area contributed by atoms with Crippen LogP contribution in [0.25, 0.3) is 0 Å². The van der Waals surface area contributed by atoms with E-state index < -0.39 is 0 Å². The molecular weight excluding hydrogens is 395 g/mol. The van der Waals surface area contributed by atoms with Gasteiger partial charge in [0.2, 0.25) is 0 Å². The van der Waals surface area contributed by atoms with Gasteiger partial charge in [-0.05, 0) is 63.1 Å². The van der Waals surface area contributed by atoms with Gasteiger partial charge in [-0.25, -0.2) is 4.99 Å². The standard InChI is InChI=1S/C21H26Cl2N4O/c1-13(17-9-8-16(22)11-18(17)23)26-20(24)25-12-14-6-5-7-15(10-14)19(28)27-21(2,3)4/h5-11,13H,12H2,1-4H3,(H,27,28)(H3,24,25,26). The second-order valence-corrected chi connectivity index (χ2v) is 8.48. The first-order valence-electron chi connectivity index (χ1n) is 8.98. The number of hydrogen-bond acceptors (Lipinski definition) is 2. The van der Waals surface area contributed by atoms with Gasteiger partial charge in [-0.3, -0.25) is 4.79 Å². The van der Waals surface area contributed by atoms with Gasteiger partial charge in [0.05, 0.1) is 12.6 Å². The van der Waals surface area contributed by atoms with Crippen molar-refractivity contribution in [3.63, 3.8) is 0 Å². The third-order valence-electron chi connectivity index (χ3n) is 3.90. The Balaban J connectivity index is 2.02. The molecule has 150 valence electrons. The van der Waals surface area contributed by atoms with Gasteiger partial charge >= 0.3 is 0 Å². The maximum absolute atomic E-state index is 12.3. The van der Waals surface area contributed by atoms with E-state index in [0.29, 0.717) is 28.1 Å². The second-order valence-electron chi connectivity index (χ2n) is 7.64. The Hall–Kier alpha value is -2.24. The van der Waals surface area contributed by atoms with E-state index in [2.05, 4.69) is 15.6 Å². The molecular formula is C21H26Cl2N4O. The molecule has 1 atom stereocenters. The number of guanidine groups is 1. The Bertz CT molecular complexity index is 875. The third-order valence-corrected chi connectivity index (χ3v) is 4.47. The zero-order valence-corrected chi connectivity index (χ0v) is 18.0. The summed E-state index contributed by atoms with van der Waals surface area (Å²) in [4.78, 5) is 16.7. The molecule has 1 unspecified atom stereocenters. The van der Waals surface area contributed by atoms with Crippen LogP contribution in [0.1, 0.15) is 55.2 Å². The number of amides is 1. The summed E-state index contributed by atoms with van der Waals surface area (Å²) in [5.41, 5.74) is 8.08. The second kappa shape index (κ2) is 9.30. The number of benzene rings is 2. The van der Waals surface area contributed by atoms with Gasteiger partial charge in [0.25, 0.3) is 5.91 Å². The molecule has 0 bridgehead atoms. The quantitative estimate of drug-likeness (QED) is 0.484. The van der Waals surface area contributed by atoms with Crippen LogP contribution in [0.4, 0.5) is 0 Å². The van der Waals surface area contributed by atoms with Crippen molar-refractivity contribution in [2.24, 2.45) is 10.7 Å². The van der Waals surface area contributed by atoms with E-state index >= 15 is 0 Å². The van der Waals surface area contributed by atoms with Crippen LogP contribution in [0.3, 0.4) is 0 Å². The summed E-state index contributed by atoms with van der Waals surface area (Å²) in [5, 5.41) is 7.21. The highest BCUT2D eigenvalue weighted by atomic mass is 35.5. The largest absolute Gasteiger partial charge is 0.370 e. The van der Waals surface area contributed by atoms with Crippen LogP contribution < -0.4 is 16.4 Å². The summed E-state index contributed by atoms with van der Waals surface area (Å²) >= 11 is 12.2. The zero-order chi connectivity index (χ0) is 20.9. The van der Waals surface area contributed by atoms with Crippen LogP contribution in [-0.2, 0) is 6.54 Å². The minimum Gasteiger partial charge on any atom is -0.370 e. The molecule has 0 aliphatic carbocycles. The number of nitrogens with two attached hydrogens (primary N) is 1. The summed E-state index contributed by atoms with van der Waals surface area (Å²) in [6, 6.07) is 12.5. The summed E-state index contributed by atoms with van der Waals surface area (Å²) < 4.78 is 0. The van der Waals surface area contributed by atoms with Crippen LogP contribution in [0.5, 0.6) is 0 Å². The maximum Gasteiger partial charge on any atom is 0.251 e. The van der Waals surface area contributed by atoms with Crippen molar-refractivity contribution >= 4 is 35.1 Å². The van der Waals surface area contributed by atoms with Crippen LogP contribution in [0, 0.1) is 0 Å². The molecule has 1 amide bonds. The minimum absolute atomic E-state index is 0.115. The normalized spacial score (nSPS) is 13.1. The van der Waals surface area contributed by atoms with Crippen LogP contribution in [0.2, 0.25) is 10.0 Å². The highest BCUT2D eigenvalue weighted by Crippen LogP contribution is 2.25. The molecule has 4 N–H and O–H groups in total. The van der Waals surface area contributed by atoms with Crippen molar-refractivity contribution in [3.05, 3.63) is 69.2 Å². The highest BCUT2D eigenvalue weighted by molar-refractivity contribution is 6.35. The number of halogens is 2. The number of carbonyl (C=O) groups excluding carboxylic acids is 1. The predicted molar refractivity (Wildman–Crippen MR) is 117 cm³/mol. The lowest BCUT2D eigenvalue weighted by Gasteiger charge is -2.20. The Morgan fingerprint density at radius 2 is 1.89 bits per heavy atom. The Labute approximate surface area is 176 Å². The van der Waals surface area contributed by atoms with Crippen molar-refractivity contribution in [1.82, 2.24) is 10.6 Å². The molecule has 0 aliphatic rings. The van der Waals surface area contributed by atoms with Crippen molar-refractivity contribution in [2.45, 2.75) is 45.8 Å². The number of carbonyl (C=O) groups is 1. The van der Waals surface area contributed by atoms with Crippen LogP contribution in [0.15, 0.2) is 47.5 Å². The molecule has 2 aromatic rings. The maximum atomic E-state index is 12.3. The van der Waals surface area contributed by atoms with Gasteiger partial charge in [-0.1, -0.05) is 41.4 Å². The Morgan fingerprint density at radius 1 is 1.18 bits per heavy atom. The SMILES string of the molecule is CC(NC(N)=NCc1cccc(C(=O)NC(C)(C)C)c1)c1ccc(Cl)cc1Cl. The van der Waals surface area contributed by atoms with Crippen LogP contribution >= 0.6 is 23.2 Å². The summed E-state index contributed by atoms with van der Waals surface area (Å²) in [5.74, 6) is 0.179. The molecule has 0 heterocycles. The van der Waals surface area contributed by atoms with E-state index in [-0.39, 0.29) is 17.5 Å². The Kier molecular flexibility index (Phi) is 7.33. The predicted octanol–water partition coefficient (Wildman–Crippen LogP) is 4.69. The van der Waals surface area contributed by atoms with Crippen molar-refractivity contribution in [2.75, 3.05) is 0 Å². The molecule has 0 saturated heterocycles. The minimum atomic E-state index is -0.293. The molecule has 0 aliphatic heterocycles. The molecule has 0 aromatic heterocycles. The number of hydrogen-bond donors (Lipinski definition) is 3. The summed E-state index contributed by atoms with van der Waals surface area (Å²) in [6.07, 6.45) is 0.